The van der Waals surface area contributed by atoms with E-state index in [1.807, 2.05) is 20.8 Å². The molecule has 0 spiro atoms. The highest BCUT2D eigenvalue weighted by molar-refractivity contribution is 7.86. The highest BCUT2D eigenvalue weighted by atomic mass is 32.2. The van der Waals surface area contributed by atoms with Crippen molar-refractivity contribution < 1.29 is 9.00 Å². The molecule has 4 nitrogen and oxygen atoms in total. The summed E-state index contributed by atoms with van der Waals surface area (Å²) < 4.78 is 11.7. The molecule has 20 heavy (non-hydrogen) atoms. The zero-order valence-corrected chi connectivity index (χ0v) is 14.4. The first kappa shape index (κ1) is 17.5. The number of amides is 2. The third kappa shape index (κ3) is 5.81. The second kappa shape index (κ2) is 6.92. The molecule has 0 aromatic rings. The Labute approximate surface area is 125 Å². The van der Waals surface area contributed by atoms with Gasteiger partial charge in [0.25, 0.3) is 0 Å². The Hall–Kier alpha value is -0.580. The molecule has 1 aliphatic rings. The highest BCUT2D eigenvalue weighted by Gasteiger charge is 2.30. The van der Waals surface area contributed by atoms with Crippen LogP contribution in [0.4, 0.5) is 4.79 Å². The molecule has 1 unspecified atom stereocenters. The van der Waals surface area contributed by atoms with Crippen LogP contribution < -0.4 is 10.6 Å². The number of rotatable bonds is 4. The van der Waals surface area contributed by atoms with Crippen LogP contribution in [0.15, 0.2) is 0 Å². The lowest BCUT2D eigenvalue weighted by Gasteiger charge is -2.37. The van der Waals surface area contributed by atoms with Crippen molar-refractivity contribution in [2.45, 2.75) is 70.6 Å². The molecule has 0 aromatic carbocycles. The van der Waals surface area contributed by atoms with Crippen LogP contribution in [-0.4, -0.2) is 32.8 Å². The first-order valence-electron chi connectivity index (χ1n) is 7.57. The van der Waals surface area contributed by atoms with Crippen molar-refractivity contribution in [3.8, 4) is 0 Å². The molecule has 0 bridgehead atoms. The van der Waals surface area contributed by atoms with E-state index in [-0.39, 0.29) is 16.3 Å². The molecule has 1 rings (SSSR count). The van der Waals surface area contributed by atoms with E-state index < -0.39 is 10.8 Å². The van der Waals surface area contributed by atoms with Gasteiger partial charge in [0.05, 0.1) is 0 Å². The van der Waals surface area contributed by atoms with Crippen molar-refractivity contribution in [1.29, 1.82) is 0 Å². The maximum atomic E-state index is 11.9. The second-order valence-corrected chi connectivity index (χ2v) is 9.61. The van der Waals surface area contributed by atoms with Gasteiger partial charge in [-0.1, -0.05) is 6.92 Å². The van der Waals surface area contributed by atoms with E-state index in [1.165, 1.54) is 12.8 Å². The summed E-state index contributed by atoms with van der Waals surface area (Å²) in [6, 6.07) is -0.132. The number of carbonyl (C=O) groups is 1. The van der Waals surface area contributed by atoms with Gasteiger partial charge >= 0.3 is 6.03 Å². The van der Waals surface area contributed by atoms with Gasteiger partial charge < -0.3 is 10.6 Å². The molecule has 0 aromatic heterocycles. The number of urea groups is 1. The molecule has 0 heterocycles. The summed E-state index contributed by atoms with van der Waals surface area (Å²) in [6.07, 6.45) is 4.42. The summed E-state index contributed by atoms with van der Waals surface area (Å²) in [4.78, 5) is 11.9. The number of carbonyl (C=O) groups excluding carboxylic acids is 1. The average Bonchev–Trinajstić information content (AvgIpc) is 2.32. The summed E-state index contributed by atoms with van der Waals surface area (Å²) in [5.41, 5.74) is -0.0836. The molecular weight excluding hydrogens is 272 g/mol. The monoisotopic (exact) mass is 302 g/mol. The van der Waals surface area contributed by atoms with E-state index in [1.54, 1.807) is 0 Å². The Morgan fingerprint density at radius 3 is 2.35 bits per heavy atom. The van der Waals surface area contributed by atoms with Crippen LogP contribution in [0.1, 0.15) is 60.3 Å². The van der Waals surface area contributed by atoms with Crippen LogP contribution in [0.25, 0.3) is 0 Å². The van der Waals surface area contributed by atoms with Crippen LogP contribution in [-0.2, 0) is 10.8 Å². The van der Waals surface area contributed by atoms with Crippen molar-refractivity contribution in [3.05, 3.63) is 0 Å². The number of nitrogens with one attached hydrogen (secondary N) is 2. The molecule has 0 saturated heterocycles. The van der Waals surface area contributed by atoms with E-state index >= 15 is 0 Å². The SMILES string of the molecule is CC1CCC(C)(NC(=O)NCCS(=O)C(C)(C)C)CC1. The van der Waals surface area contributed by atoms with Gasteiger partial charge in [0.2, 0.25) is 0 Å². The van der Waals surface area contributed by atoms with Gasteiger partial charge in [0, 0.05) is 33.4 Å². The zero-order valence-electron chi connectivity index (χ0n) is 13.5. The van der Waals surface area contributed by atoms with Crippen molar-refractivity contribution in [2.24, 2.45) is 5.92 Å². The molecular formula is C15H30N2O2S. The first-order chi connectivity index (χ1) is 9.12. The van der Waals surface area contributed by atoms with Crippen LogP contribution >= 0.6 is 0 Å². The highest BCUT2D eigenvalue weighted by Crippen LogP contribution is 2.31. The molecule has 1 aliphatic carbocycles. The molecule has 5 heteroatoms. The maximum absolute atomic E-state index is 11.9. The minimum absolute atomic E-state index is 0.0836. The second-order valence-electron chi connectivity index (χ2n) is 7.29. The topological polar surface area (TPSA) is 58.2 Å². The Kier molecular flexibility index (Phi) is 6.05. The fraction of sp³-hybridized carbons (Fsp3) is 0.933. The van der Waals surface area contributed by atoms with E-state index in [0.717, 1.165) is 18.8 Å². The predicted molar refractivity (Wildman–Crippen MR) is 85.3 cm³/mol. The van der Waals surface area contributed by atoms with Gasteiger partial charge in [-0.3, -0.25) is 4.21 Å². The molecule has 2 amide bonds. The summed E-state index contributed by atoms with van der Waals surface area (Å²) in [5.74, 6) is 1.27. The van der Waals surface area contributed by atoms with Gasteiger partial charge in [0.15, 0.2) is 0 Å². The Balaban J connectivity index is 2.29. The maximum Gasteiger partial charge on any atom is 0.315 e. The molecule has 0 radical (unpaired) electrons. The molecule has 0 aliphatic heterocycles. The third-order valence-electron chi connectivity index (χ3n) is 4.05. The molecule has 2 N–H and O–H groups in total. The van der Waals surface area contributed by atoms with E-state index in [4.69, 9.17) is 0 Å². The van der Waals surface area contributed by atoms with Crippen molar-refractivity contribution >= 4 is 16.8 Å². The zero-order chi connectivity index (χ0) is 15.4. The van der Waals surface area contributed by atoms with Gasteiger partial charge in [-0.2, -0.15) is 0 Å². The van der Waals surface area contributed by atoms with Crippen molar-refractivity contribution in [3.63, 3.8) is 0 Å². The van der Waals surface area contributed by atoms with Gasteiger partial charge in [0.1, 0.15) is 0 Å². The minimum Gasteiger partial charge on any atom is -0.337 e. The summed E-state index contributed by atoms with van der Waals surface area (Å²) in [6.45, 7) is 10.7. The summed E-state index contributed by atoms with van der Waals surface area (Å²) >= 11 is 0. The van der Waals surface area contributed by atoms with Crippen molar-refractivity contribution in [1.82, 2.24) is 10.6 Å². The van der Waals surface area contributed by atoms with E-state index in [2.05, 4.69) is 24.5 Å². The first-order valence-corrected chi connectivity index (χ1v) is 8.89. The van der Waals surface area contributed by atoms with Crippen molar-refractivity contribution in [2.75, 3.05) is 12.3 Å². The fourth-order valence-electron chi connectivity index (χ4n) is 2.41. The van der Waals surface area contributed by atoms with E-state index in [0.29, 0.717) is 12.3 Å². The van der Waals surface area contributed by atoms with Gasteiger partial charge in [-0.05, 0) is 59.3 Å². The molecule has 1 atom stereocenters. The molecule has 1 fully saturated rings. The Morgan fingerprint density at radius 2 is 1.85 bits per heavy atom. The van der Waals surface area contributed by atoms with Crippen LogP contribution in [0.5, 0.6) is 0 Å². The fourth-order valence-corrected chi connectivity index (χ4v) is 3.31. The molecule has 118 valence electrons. The summed E-state index contributed by atoms with van der Waals surface area (Å²) in [5, 5.41) is 5.91. The molecule has 1 saturated carbocycles. The number of hydrogen-bond acceptors (Lipinski definition) is 2. The lowest BCUT2D eigenvalue weighted by molar-refractivity contribution is 0.196. The standard InChI is InChI=1S/C15H30N2O2S/c1-12-6-8-15(5,9-7-12)17-13(18)16-10-11-20(19)14(2,3)4/h12H,6-11H2,1-5H3,(H2,16,17,18). The van der Waals surface area contributed by atoms with Gasteiger partial charge in [-0.25, -0.2) is 4.79 Å². The van der Waals surface area contributed by atoms with Gasteiger partial charge in [-0.15, -0.1) is 0 Å². The van der Waals surface area contributed by atoms with Crippen LogP contribution in [0, 0.1) is 5.92 Å². The number of hydrogen-bond donors (Lipinski definition) is 2. The van der Waals surface area contributed by atoms with Crippen LogP contribution in [0.2, 0.25) is 0 Å². The normalized spacial score (nSPS) is 28.8. The van der Waals surface area contributed by atoms with E-state index in [9.17, 15) is 9.00 Å². The quantitative estimate of drug-likeness (QED) is 0.839. The lowest BCUT2D eigenvalue weighted by atomic mass is 9.78. The third-order valence-corrected chi connectivity index (χ3v) is 5.99. The predicted octanol–water partition coefficient (Wildman–Crippen LogP) is 2.80. The Morgan fingerprint density at radius 1 is 1.30 bits per heavy atom. The summed E-state index contributed by atoms with van der Waals surface area (Å²) in [7, 11) is -0.918. The minimum atomic E-state index is -0.918. The lowest BCUT2D eigenvalue weighted by Crippen LogP contribution is -2.52. The smallest absolute Gasteiger partial charge is 0.315 e. The Bertz CT molecular complexity index is 355. The largest absolute Gasteiger partial charge is 0.337 e. The average molecular weight is 302 g/mol. The van der Waals surface area contributed by atoms with Crippen LogP contribution in [0.3, 0.4) is 0 Å².